The van der Waals surface area contributed by atoms with Crippen LogP contribution in [0.1, 0.15) is 98.8 Å². The molecule has 0 aliphatic heterocycles. The summed E-state index contributed by atoms with van der Waals surface area (Å²) in [4.78, 5) is 38.3. The van der Waals surface area contributed by atoms with Gasteiger partial charge >= 0.3 is 11.9 Å². The van der Waals surface area contributed by atoms with Crippen molar-refractivity contribution in [1.82, 2.24) is 0 Å². The van der Waals surface area contributed by atoms with Crippen molar-refractivity contribution in [3.63, 3.8) is 0 Å². The minimum Gasteiger partial charge on any atom is -0.465 e. The van der Waals surface area contributed by atoms with Crippen LogP contribution in [0.25, 0.3) is 0 Å². The molecular weight excluding hydrogens is 560 g/mol. The maximum Gasteiger partial charge on any atom is 0.310 e. The lowest BCUT2D eigenvalue weighted by Gasteiger charge is -2.50. The molecule has 4 aliphatic carbocycles. The van der Waals surface area contributed by atoms with Gasteiger partial charge in [0.05, 0.1) is 18.6 Å². The first kappa shape index (κ1) is 34.3. The number of unbranched alkanes of at least 4 members (excludes halogenated alkanes) is 6. The van der Waals surface area contributed by atoms with E-state index in [2.05, 4.69) is 13.0 Å². The number of carbonyl (C=O) groups excluding carboxylic acids is 3. The Hall–Kier alpha value is -2.55. The molecule has 0 saturated heterocycles. The molecule has 8 atom stereocenters. The van der Waals surface area contributed by atoms with Gasteiger partial charge in [-0.1, -0.05) is 89.3 Å². The van der Waals surface area contributed by atoms with Crippen molar-refractivity contribution in [2.45, 2.75) is 116 Å². The second kappa shape index (κ2) is 13.4. The maximum atomic E-state index is 13.3. The molecule has 0 amide bonds. The van der Waals surface area contributed by atoms with Crippen molar-refractivity contribution in [2.24, 2.45) is 29.1 Å². The van der Waals surface area contributed by atoms with E-state index in [0.717, 1.165) is 12.8 Å². The number of hydrogen-bond acceptors (Lipinski definition) is 8. The minimum absolute atomic E-state index is 0.0123. The van der Waals surface area contributed by atoms with E-state index >= 15 is 0 Å². The van der Waals surface area contributed by atoms with E-state index in [4.69, 9.17) is 9.47 Å². The second-order valence-corrected chi connectivity index (χ2v) is 13.9. The van der Waals surface area contributed by atoms with Gasteiger partial charge in [-0.3, -0.25) is 14.4 Å². The predicted octanol–water partition coefficient (Wildman–Crippen LogP) is 5.31. The summed E-state index contributed by atoms with van der Waals surface area (Å²) >= 11 is 0. The van der Waals surface area contributed by atoms with Crippen molar-refractivity contribution >= 4 is 17.7 Å². The monoisotopic (exact) mass is 612 g/mol. The van der Waals surface area contributed by atoms with Crippen molar-refractivity contribution in [2.75, 3.05) is 13.2 Å². The summed E-state index contributed by atoms with van der Waals surface area (Å²) in [6.45, 7) is 8.52. The maximum absolute atomic E-state index is 13.3. The van der Waals surface area contributed by atoms with E-state index in [0.29, 0.717) is 11.1 Å². The van der Waals surface area contributed by atoms with Crippen LogP contribution in [0.4, 0.5) is 0 Å². The van der Waals surface area contributed by atoms with E-state index in [-0.39, 0.29) is 32.5 Å². The van der Waals surface area contributed by atoms with Crippen molar-refractivity contribution in [1.29, 1.82) is 0 Å². The molecule has 244 valence electrons. The van der Waals surface area contributed by atoms with Crippen LogP contribution < -0.4 is 0 Å². The number of aliphatic hydroxyl groups excluding tert-OH is 1. The van der Waals surface area contributed by atoms with Crippen LogP contribution >= 0.6 is 0 Å². The van der Waals surface area contributed by atoms with Crippen LogP contribution in [0.2, 0.25) is 0 Å². The Kier molecular flexibility index (Phi) is 10.5. The number of aliphatic hydroxyl groups is 3. The standard InChI is InChI=1S/C36H52O8/c1-6-7-8-9-10-11-12-13-14-15-16-17-30(39)44-35-20-25(3)36(42)28(31(35)33(35,5)23-43-26(4)38)19-27(22-37)21-34(41)29(36)18-24(2)32(34)40/h13-16,18-19,25,28-29,31,37,41-42H,6-12,17,20-23H2,1-5H3/b14-13+,16-15+/t25-,28+,29-,31-,33-,34-,35+,36-/m1/s1. The van der Waals surface area contributed by atoms with Crippen molar-refractivity contribution < 1.29 is 39.2 Å². The fraction of sp³-hybridized carbons (Fsp3) is 0.694. The SMILES string of the molecule is CCCCCCCC/C=C/C=C/CC(=O)O[C@@]12C[C@@H](C)[C@@]3(O)[C@@H](C=C(CO)C[C@]4(O)C(=O)C(C)=C[C@@H]34)[C@@H]1[C@@]2(C)COC(C)=O. The highest BCUT2D eigenvalue weighted by molar-refractivity contribution is 6.04. The molecule has 0 spiro atoms. The van der Waals surface area contributed by atoms with Crippen LogP contribution in [0.3, 0.4) is 0 Å². The molecule has 8 heteroatoms. The molecule has 44 heavy (non-hydrogen) atoms. The summed E-state index contributed by atoms with van der Waals surface area (Å²) < 4.78 is 11.8. The summed E-state index contributed by atoms with van der Waals surface area (Å²) in [6, 6.07) is 0. The Labute approximate surface area is 262 Å². The summed E-state index contributed by atoms with van der Waals surface area (Å²) in [5.74, 6) is -3.86. The van der Waals surface area contributed by atoms with E-state index < -0.39 is 63.6 Å². The van der Waals surface area contributed by atoms with Gasteiger partial charge in [-0.05, 0) is 43.3 Å². The van der Waals surface area contributed by atoms with E-state index in [1.807, 2.05) is 26.0 Å². The van der Waals surface area contributed by atoms with Gasteiger partial charge in [0, 0.05) is 36.5 Å². The molecule has 2 fully saturated rings. The third kappa shape index (κ3) is 6.02. The first-order valence-electron chi connectivity index (χ1n) is 16.5. The fourth-order valence-corrected chi connectivity index (χ4v) is 8.58. The zero-order chi connectivity index (χ0) is 32.3. The lowest BCUT2D eigenvalue weighted by atomic mass is 9.60. The molecule has 0 aromatic carbocycles. The number of ketones is 1. The molecule has 2 saturated carbocycles. The van der Waals surface area contributed by atoms with Gasteiger partial charge in [-0.2, -0.15) is 0 Å². The molecular formula is C36H52O8. The average Bonchev–Trinajstić information content (AvgIpc) is 3.42. The number of carbonyl (C=O) groups is 3. The smallest absolute Gasteiger partial charge is 0.310 e. The third-order valence-corrected chi connectivity index (χ3v) is 10.9. The van der Waals surface area contributed by atoms with Gasteiger partial charge in [0.25, 0.3) is 0 Å². The number of hydrogen-bond donors (Lipinski definition) is 3. The molecule has 0 unspecified atom stereocenters. The predicted molar refractivity (Wildman–Crippen MR) is 167 cm³/mol. The van der Waals surface area contributed by atoms with Crippen LogP contribution in [0.15, 0.2) is 47.6 Å². The Morgan fingerprint density at radius 2 is 1.75 bits per heavy atom. The van der Waals surface area contributed by atoms with Crippen LogP contribution in [0, 0.1) is 29.1 Å². The quantitative estimate of drug-likeness (QED) is 0.104. The van der Waals surface area contributed by atoms with Crippen LogP contribution in [-0.2, 0) is 23.9 Å². The molecule has 0 aromatic heterocycles. The van der Waals surface area contributed by atoms with Gasteiger partial charge in [0.15, 0.2) is 5.78 Å². The first-order chi connectivity index (χ1) is 20.8. The molecule has 3 N–H and O–H groups in total. The normalized spacial score (nSPS) is 37.6. The third-order valence-electron chi connectivity index (χ3n) is 10.9. The van der Waals surface area contributed by atoms with Gasteiger partial charge in [-0.25, -0.2) is 0 Å². The summed E-state index contributed by atoms with van der Waals surface area (Å²) in [5.41, 5.74) is -4.46. The van der Waals surface area contributed by atoms with Gasteiger partial charge in [0.2, 0.25) is 0 Å². The molecule has 0 heterocycles. The van der Waals surface area contributed by atoms with Crippen LogP contribution in [0.5, 0.6) is 0 Å². The van der Waals surface area contributed by atoms with Crippen molar-refractivity contribution in [3.05, 3.63) is 47.6 Å². The summed E-state index contributed by atoms with van der Waals surface area (Å²) in [7, 11) is 0. The zero-order valence-corrected chi connectivity index (χ0v) is 27.1. The molecule has 4 aliphatic rings. The fourth-order valence-electron chi connectivity index (χ4n) is 8.58. The van der Waals surface area contributed by atoms with Crippen LogP contribution in [-0.4, -0.2) is 63.1 Å². The number of Topliss-reactive ketones (excluding diaryl/α,β-unsaturated/α-hetero) is 1. The average molecular weight is 613 g/mol. The first-order valence-corrected chi connectivity index (χ1v) is 16.5. The summed E-state index contributed by atoms with van der Waals surface area (Å²) in [6.07, 6.45) is 19.9. The number of ether oxygens (including phenoxy) is 2. The van der Waals surface area contributed by atoms with Crippen molar-refractivity contribution in [3.8, 4) is 0 Å². The largest absolute Gasteiger partial charge is 0.465 e. The molecule has 4 rings (SSSR count). The lowest BCUT2D eigenvalue weighted by Crippen LogP contribution is -2.61. The van der Waals surface area contributed by atoms with Gasteiger partial charge in [0.1, 0.15) is 17.8 Å². The lowest BCUT2D eigenvalue weighted by molar-refractivity contribution is -0.187. The van der Waals surface area contributed by atoms with Gasteiger partial charge < -0.3 is 24.8 Å². The topological polar surface area (TPSA) is 130 Å². The highest BCUT2D eigenvalue weighted by atomic mass is 16.6. The zero-order valence-electron chi connectivity index (χ0n) is 27.1. The summed E-state index contributed by atoms with van der Waals surface area (Å²) in [5, 5.41) is 34.5. The van der Waals surface area contributed by atoms with Gasteiger partial charge in [-0.15, -0.1) is 0 Å². The number of allylic oxidation sites excluding steroid dienone is 3. The highest BCUT2D eigenvalue weighted by Crippen LogP contribution is 2.76. The second-order valence-electron chi connectivity index (χ2n) is 13.9. The number of fused-ring (bicyclic) bond motifs is 5. The van der Waals surface area contributed by atoms with E-state index in [9.17, 15) is 29.7 Å². The highest BCUT2D eigenvalue weighted by Gasteiger charge is 2.85. The molecule has 0 radical (unpaired) electrons. The Balaban J connectivity index is 1.53. The van der Waals surface area contributed by atoms with E-state index in [1.54, 1.807) is 25.2 Å². The molecule has 8 nitrogen and oxygen atoms in total. The molecule has 0 bridgehead atoms. The van der Waals surface area contributed by atoms with E-state index in [1.165, 1.54) is 39.0 Å². The number of esters is 2. The Morgan fingerprint density at radius 3 is 2.43 bits per heavy atom. The Bertz CT molecular complexity index is 1230. The minimum atomic E-state index is -1.87. The molecule has 0 aromatic rings. The Morgan fingerprint density at radius 1 is 1.07 bits per heavy atom. The number of rotatable bonds is 14.